The third-order valence-corrected chi connectivity index (χ3v) is 14.0. The van der Waals surface area contributed by atoms with E-state index in [2.05, 4.69) is 61.1 Å². The Kier molecular flexibility index (Phi) is 34.3. The molecular weight excluding hydrogens is 1390 g/mol. The van der Waals surface area contributed by atoms with Crippen molar-refractivity contribution in [3.05, 3.63) is 165 Å². The van der Waals surface area contributed by atoms with E-state index in [1.165, 1.54) is 34.8 Å². The third-order valence-electron chi connectivity index (χ3n) is 11.0. The maximum Gasteiger partial charge on any atom is 1.00 e. The number of rotatable bonds is 18. The van der Waals surface area contributed by atoms with E-state index in [1.807, 2.05) is 12.1 Å². The number of anilines is 4. The number of aromatic nitrogens is 8. The van der Waals surface area contributed by atoms with E-state index in [0.717, 1.165) is 33.8 Å². The minimum atomic E-state index is -1.12. The minimum absolute atomic E-state index is 0. The van der Waals surface area contributed by atoms with E-state index < -0.39 is 70.7 Å². The maximum absolute atomic E-state index is 12.3. The summed E-state index contributed by atoms with van der Waals surface area (Å²) in [6.07, 6.45) is 16.6. The molecule has 102 heavy (non-hydrogen) atoms. The number of ether oxygens (including phenoxy) is 6. The summed E-state index contributed by atoms with van der Waals surface area (Å²) in [6, 6.07) is 14.1. The van der Waals surface area contributed by atoms with Gasteiger partial charge < -0.3 is 44.1 Å². The van der Waals surface area contributed by atoms with Gasteiger partial charge in [-0.05, 0) is 168 Å². The first kappa shape index (κ1) is 85.8. The molecule has 536 valence electrons. The largest absolute Gasteiger partial charge is 1.00 e. The summed E-state index contributed by atoms with van der Waals surface area (Å²) in [7, 11) is 0. The van der Waals surface area contributed by atoms with Crippen LogP contribution in [0.15, 0.2) is 120 Å². The van der Waals surface area contributed by atoms with Crippen molar-refractivity contribution in [2.75, 3.05) is 34.5 Å². The van der Waals surface area contributed by atoms with E-state index in [4.69, 9.17) is 28.4 Å². The fourth-order valence-corrected chi connectivity index (χ4v) is 10.1. The summed E-state index contributed by atoms with van der Waals surface area (Å²) >= 11 is 4.62. The van der Waals surface area contributed by atoms with Crippen LogP contribution in [-0.4, -0.2) is 139 Å². The molecule has 0 spiro atoms. The zero-order chi connectivity index (χ0) is 73.8. The van der Waals surface area contributed by atoms with Crippen LogP contribution < -0.4 is 40.1 Å². The van der Waals surface area contributed by atoms with Gasteiger partial charge in [-0.2, -0.15) is 0 Å². The average Bonchev–Trinajstić information content (AvgIpc) is 1.76. The van der Waals surface area contributed by atoms with Gasteiger partial charge in [-0.1, -0.05) is 24.3 Å². The number of esters is 2. The number of nitrogens with zero attached hydrogens (tertiary/aromatic N) is 8. The van der Waals surface area contributed by atoms with E-state index in [9.17, 15) is 48.6 Å². The van der Waals surface area contributed by atoms with Crippen LogP contribution in [0.2, 0.25) is 0 Å². The van der Waals surface area contributed by atoms with Crippen molar-refractivity contribution in [1.29, 1.82) is 0 Å². The standard InChI is InChI=1S/2C18H21N3O4S.2C16H17N3O4S.Li.H2O/c2*1-5-24-15(22)13(9-12-7-6-8-19-10-12)14-11-26-16(20-14)21-17(23)25-18(2,3)4;2*1-16(2,3)23-15(22)19-14-18-12(9-24-14)11(13(20)21)7-10-5-4-6-17-8-10;;/h2*6-11H,5H2,1-4H3,(H,20,21,23);2*4-9H,1-3H3,(H,20,21)(H,18,19,22);;1H2/q;;;;+1;/p-1/b13-9+;13-9-;11-7+;11-7-;;. The molecule has 0 aromatic carbocycles. The quantitative estimate of drug-likeness (QED) is 0.0201. The molecule has 0 aliphatic carbocycles. The first-order valence-corrected chi connectivity index (χ1v) is 33.7. The second kappa shape index (κ2) is 40.7. The number of carbonyl (C=O) groups excluding carboxylic acids is 6. The van der Waals surface area contributed by atoms with Gasteiger partial charge in [0.25, 0.3) is 0 Å². The molecule has 8 rings (SSSR count). The summed E-state index contributed by atoms with van der Waals surface area (Å²) in [5.41, 5.74) is 2.20. The molecule has 0 saturated carbocycles. The van der Waals surface area contributed by atoms with Crippen LogP contribution in [0.1, 0.15) is 142 Å². The van der Waals surface area contributed by atoms with Crippen LogP contribution in [0.25, 0.3) is 46.6 Å². The Balaban J connectivity index is 0.000000351. The number of aliphatic carboxylic acids is 2. The second-order valence-electron chi connectivity index (χ2n) is 24.1. The smallest absolute Gasteiger partial charge is 0.870 e. The first-order chi connectivity index (χ1) is 47.0. The molecule has 0 unspecified atom stereocenters. The van der Waals surface area contributed by atoms with Gasteiger partial charge in [0.2, 0.25) is 0 Å². The van der Waals surface area contributed by atoms with Crippen molar-refractivity contribution >= 4 is 161 Å². The van der Waals surface area contributed by atoms with E-state index in [1.54, 1.807) is 217 Å². The minimum Gasteiger partial charge on any atom is -0.870 e. The number of carboxylic acids is 2. The van der Waals surface area contributed by atoms with Gasteiger partial charge in [-0.15, -0.1) is 45.3 Å². The molecule has 29 nitrogen and oxygen atoms in total. The Hall–Kier alpha value is -10.4. The van der Waals surface area contributed by atoms with Crippen molar-refractivity contribution < 1.29 is 101 Å². The molecule has 0 saturated heterocycles. The number of hydrogen-bond acceptors (Lipinski definition) is 27. The van der Waals surface area contributed by atoms with Gasteiger partial charge in [-0.3, -0.25) is 41.2 Å². The predicted molar refractivity (Wildman–Crippen MR) is 387 cm³/mol. The number of thiazole rings is 4. The SMILES string of the molecule is CC(C)(C)OC(=O)Nc1nc(/C(=C/c2cccnc2)C(=O)O)cs1.CC(C)(C)OC(=O)Nc1nc(/C(=C\c2cccnc2)C(=O)O)cs1.CCOC(=O)/C(=C/c1cccnc1)c1csc(NC(=O)OC(C)(C)C)n1.CCOC(=O)/C(=C\c1cccnc1)c1csc(NC(=O)OC(C)(C)C)n1.[Li+].[OH-]. The monoisotopic (exact) mass is 1470 g/mol. The number of pyridine rings is 4. The second-order valence-corrected chi connectivity index (χ2v) is 27.5. The van der Waals surface area contributed by atoms with Crippen molar-refractivity contribution in [3.63, 3.8) is 0 Å². The molecule has 0 fully saturated rings. The molecule has 0 radical (unpaired) electrons. The van der Waals surface area contributed by atoms with Crippen LogP contribution >= 0.6 is 45.3 Å². The Bertz CT molecular complexity index is 3930. The Morgan fingerprint density at radius 3 is 0.794 bits per heavy atom. The van der Waals surface area contributed by atoms with E-state index >= 15 is 0 Å². The predicted octanol–water partition coefficient (Wildman–Crippen LogP) is 11.8. The zero-order valence-electron chi connectivity index (χ0n) is 58.5. The van der Waals surface area contributed by atoms with Crippen LogP contribution in [0, 0.1) is 0 Å². The van der Waals surface area contributed by atoms with Crippen molar-refractivity contribution in [2.24, 2.45) is 0 Å². The Morgan fingerprint density at radius 1 is 0.392 bits per heavy atom. The van der Waals surface area contributed by atoms with Gasteiger partial charge in [0.15, 0.2) is 20.5 Å². The van der Waals surface area contributed by atoms with E-state index in [0.29, 0.717) is 32.8 Å². The number of amides is 4. The molecule has 0 aliphatic rings. The summed E-state index contributed by atoms with van der Waals surface area (Å²) < 4.78 is 30.9. The molecule has 0 atom stereocenters. The number of carbonyl (C=O) groups is 8. The third kappa shape index (κ3) is 32.3. The number of carboxylic acid groups (broad SMARTS) is 2. The van der Waals surface area contributed by atoms with Crippen molar-refractivity contribution in [3.8, 4) is 0 Å². The molecule has 7 N–H and O–H groups in total. The van der Waals surface area contributed by atoms with Crippen LogP contribution in [0.4, 0.5) is 39.7 Å². The molecule has 0 aliphatic heterocycles. The van der Waals surface area contributed by atoms with Gasteiger partial charge in [0.05, 0.1) is 58.3 Å². The van der Waals surface area contributed by atoms with Gasteiger partial charge in [0, 0.05) is 71.1 Å². The fraction of sp³-hybridized carbons (Fsp3) is 0.294. The maximum atomic E-state index is 12.3. The van der Waals surface area contributed by atoms with Crippen molar-refractivity contribution in [2.45, 2.75) is 119 Å². The van der Waals surface area contributed by atoms with Gasteiger partial charge in [0.1, 0.15) is 22.4 Å². The van der Waals surface area contributed by atoms with Crippen molar-refractivity contribution in [1.82, 2.24) is 39.9 Å². The fourth-order valence-electron chi connectivity index (χ4n) is 7.28. The molecule has 0 bridgehead atoms. The summed E-state index contributed by atoms with van der Waals surface area (Å²) in [5.74, 6) is -3.23. The number of nitrogens with one attached hydrogen (secondary N) is 4. The van der Waals surface area contributed by atoms with Crippen LogP contribution in [0.5, 0.6) is 0 Å². The Morgan fingerprint density at radius 2 is 0.608 bits per heavy atom. The van der Waals surface area contributed by atoms with Gasteiger partial charge >= 0.3 is 67.1 Å². The normalized spacial score (nSPS) is 11.6. The molecule has 34 heteroatoms. The molecule has 4 amide bonds. The zero-order valence-corrected chi connectivity index (χ0v) is 61.8. The summed E-state index contributed by atoms with van der Waals surface area (Å²) in [6.45, 7) is 25.1. The summed E-state index contributed by atoms with van der Waals surface area (Å²) in [4.78, 5) is 128. The van der Waals surface area contributed by atoms with E-state index in [-0.39, 0.29) is 81.5 Å². The van der Waals surface area contributed by atoms with Crippen LogP contribution in [-0.2, 0) is 47.6 Å². The average molecular weight is 1470 g/mol. The van der Waals surface area contributed by atoms with Gasteiger partial charge in [-0.25, -0.2) is 58.3 Å². The topological polar surface area (TPSA) is 414 Å². The Labute approximate surface area is 616 Å². The number of hydrogen-bond donors (Lipinski definition) is 6. The summed E-state index contributed by atoms with van der Waals surface area (Å²) in [5, 5.41) is 36.5. The van der Waals surface area contributed by atoms with Crippen LogP contribution in [0.3, 0.4) is 0 Å². The molecule has 8 aromatic rings. The molecule has 8 aromatic heterocycles. The molecule has 8 heterocycles. The molecular formula is C68H77LiN12O17S4. The first-order valence-electron chi connectivity index (χ1n) is 30.2.